The molecular formula is C13H28IN3. The van der Waals surface area contributed by atoms with E-state index in [9.17, 15) is 0 Å². The second-order valence-corrected chi connectivity index (χ2v) is 5.18. The topological polar surface area (TPSA) is 27.6 Å². The first-order valence-electron chi connectivity index (χ1n) is 6.63. The Bertz CT molecular complexity index is 221. The molecule has 102 valence electrons. The van der Waals surface area contributed by atoms with Crippen molar-refractivity contribution in [3.05, 3.63) is 0 Å². The Morgan fingerprint density at radius 1 is 1.29 bits per heavy atom. The Hall–Kier alpha value is 0. The van der Waals surface area contributed by atoms with Crippen LogP contribution in [-0.2, 0) is 0 Å². The average molecular weight is 353 g/mol. The summed E-state index contributed by atoms with van der Waals surface area (Å²) in [5, 5.41) is 3.46. The standard InChI is InChI=1S/C13H27N3.HI/c1-5-6-7-15-13(14-4)16-9-11(2)8-12(3)10-16;/h11-12H,5-10H2,1-4H3,(H,14,15);1H. The van der Waals surface area contributed by atoms with Crippen molar-refractivity contribution in [1.29, 1.82) is 0 Å². The molecule has 1 N–H and O–H groups in total. The minimum absolute atomic E-state index is 0. The first kappa shape index (κ1) is 17.0. The molecule has 0 bridgehead atoms. The van der Waals surface area contributed by atoms with Crippen molar-refractivity contribution in [3.8, 4) is 0 Å². The van der Waals surface area contributed by atoms with E-state index < -0.39 is 0 Å². The number of hydrogen-bond donors (Lipinski definition) is 1. The number of hydrogen-bond acceptors (Lipinski definition) is 1. The SMILES string of the molecule is CCCCNC(=NC)N1CC(C)CC(C)C1.I. The van der Waals surface area contributed by atoms with Crippen molar-refractivity contribution >= 4 is 29.9 Å². The van der Waals surface area contributed by atoms with E-state index in [1.54, 1.807) is 0 Å². The molecule has 0 aliphatic carbocycles. The molecule has 1 heterocycles. The van der Waals surface area contributed by atoms with Crippen LogP contribution in [0.25, 0.3) is 0 Å². The largest absolute Gasteiger partial charge is 0.356 e. The van der Waals surface area contributed by atoms with Gasteiger partial charge in [0.15, 0.2) is 5.96 Å². The second kappa shape index (κ2) is 9.00. The van der Waals surface area contributed by atoms with Crippen LogP contribution < -0.4 is 5.32 Å². The molecule has 2 atom stereocenters. The molecule has 1 fully saturated rings. The molecule has 0 amide bonds. The summed E-state index contributed by atoms with van der Waals surface area (Å²) in [6, 6.07) is 0. The van der Waals surface area contributed by atoms with Crippen LogP contribution in [0.15, 0.2) is 4.99 Å². The fourth-order valence-electron chi connectivity index (χ4n) is 2.55. The molecule has 1 rings (SSSR count). The first-order chi connectivity index (χ1) is 7.67. The lowest BCUT2D eigenvalue weighted by molar-refractivity contribution is 0.208. The third-order valence-corrected chi connectivity index (χ3v) is 3.19. The molecule has 0 radical (unpaired) electrons. The fraction of sp³-hybridized carbons (Fsp3) is 0.923. The summed E-state index contributed by atoms with van der Waals surface area (Å²) in [6.07, 6.45) is 3.80. The van der Waals surface area contributed by atoms with E-state index in [0.29, 0.717) is 0 Å². The first-order valence-corrected chi connectivity index (χ1v) is 6.63. The van der Waals surface area contributed by atoms with Gasteiger partial charge in [-0.1, -0.05) is 27.2 Å². The summed E-state index contributed by atoms with van der Waals surface area (Å²) < 4.78 is 0. The molecule has 1 aliphatic heterocycles. The second-order valence-electron chi connectivity index (χ2n) is 5.18. The molecule has 1 aliphatic rings. The number of piperidine rings is 1. The maximum absolute atomic E-state index is 4.38. The van der Waals surface area contributed by atoms with Crippen LogP contribution >= 0.6 is 24.0 Å². The van der Waals surface area contributed by atoms with Crippen molar-refractivity contribution in [2.24, 2.45) is 16.8 Å². The predicted molar refractivity (Wildman–Crippen MR) is 86.2 cm³/mol. The third kappa shape index (κ3) is 5.93. The smallest absolute Gasteiger partial charge is 0.193 e. The van der Waals surface area contributed by atoms with Crippen LogP contribution in [0, 0.1) is 11.8 Å². The highest BCUT2D eigenvalue weighted by atomic mass is 127. The van der Waals surface area contributed by atoms with Crippen LogP contribution in [-0.4, -0.2) is 37.5 Å². The Kier molecular flexibility index (Phi) is 9.00. The molecule has 1 saturated heterocycles. The van der Waals surface area contributed by atoms with Crippen molar-refractivity contribution < 1.29 is 0 Å². The summed E-state index contributed by atoms with van der Waals surface area (Å²) in [4.78, 5) is 6.80. The molecule has 3 nitrogen and oxygen atoms in total. The van der Waals surface area contributed by atoms with Crippen LogP contribution in [0.5, 0.6) is 0 Å². The lowest BCUT2D eigenvalue weighted by atomic mass is 9.92. The summed E-state index contributed by atoms with van der Waals surface area (Å²) in [7, 11) is 1.89. The number of rotatable bonds is 3. The minimum atomic E-state index is 0. The number of nitrogens with one attached hydrogen (secondary N) is 1. The lowest BCUT2D eigenvalue weighted by Gasteiger charge is -2.37. The fourth-order valence-corrected chi connectivity index (χ4v) is 2.55. The maximum atomic E-state index is 4.38. The Labute approximate surface area is 123 Å². The van der Waals surface area contributed by atoms with Crippen molar-refractivity contribution in [3.63, 3.8) is 0 Å². The highest BCUT2D eigenvalue weighted by Crippen LogP contribution is 2.20. The molecule has 0 aromatic heterocycles. The van der Waals surface area contributed by atoms with Crippen LogP contribution in [0.1, 0.15) is 40.0 Å². The molecule has 2 unspecified atom stereocenters. The van der Waals surface area contributed by atoms with E-state index in [4.69, 9.17) is 0 Å². The number of nitrogens with zero attached hydrogens (tertiary/aromatic N) is 2. The molecule has 0 aromatic rings. The monoisotopic (exact) mass is 353 g/mol. The van der Waals surface area contributed by atoms with Gasteiger partial charge in [0, 0.05) is 26.7 Å². The average Bonchev–Trinajstić information content (AvgIpc) is 2.23. The van der Waals surface area contributed by atoms with Gasteiger partial charge < -0.3 is 10.2 Å². The zero-order valence-corrected chi connectivity index (χ0v) is 14.0. The number of likely N-dealkylation sites (tertiary alicyclic amines) is 1. The zero-order chi connectivity index (χ0) is 12.0. The van der Waals surface area contributed by atoms with E-state index >= 15 is 0 Å². The summed E-state index contributed by atoms with van der Waals surface area (Å²) >= 11 is 0. The van der Waals surface area contributed by atoms with E-state index in [1.165, 1.54) is 19.3 Å². The number of halogens is 1. The van der Waals surface area contributed by atoms with Gasteiger partial charge in [-0.15, -0.1) is 24.0 Å². The normalized spacial score (nSPS) is 25.4. The summed E-state index contributed by atoms with van der Waals surface area (Å²) in [6.45, 7) is 10.2. The van der Waals surface area contributed by atoms with Gasteiger partial charge in [0.1, 0.15) is 0 Å². The highest BCUT2D eigenvalue weighted by Gasteiger charge is 2.23. The molecule has 0 aromatic carbocycles. The number of aliphatic imine (C=N–C) groups is 1. The quantitative estimate of drug-likeness (QED) is 0.366. The van der Waals surface area contributed by atoms with Gasteiger partial charge in [0.25, 0.3) is 0 Å². The van der Waals surface area contributed by atoms with Crippen LogP contribution in [0.3, 0.4) is 0 Å². The van der Waals surface area contributed by atoms with E-state index in [0.717, 1.165) is 37.4 Å². The molecule has 4 heteroatoms. The van der Waals surface area contributed by atoms with Gasteiger partial charge in [-0.3, -0.25) is 4.99 Å². The van der Waals surface area contributed by atoms with Gasteiger partial charge >= 0.3 is 0 Å². The summed E-state index contributed by atoms with van der Waals surface area (Å²) in [5.74, 6) is 2.66. The molecule has 0 saturated carbocycles. The predicted octanol–water partition coefficient (Wildman–Crippen LogP) is 2.96. The molecule has 0 spiro atoms. The van der Waals surface area contributed by atoms with Crippen molar-refractivity contribution in [1.82, 2.24) is 10.2 Å². The number of unbranched alkanes of at least 4 members (excludes halogenated alkanes) is 1. The van der Waals surface area contributed by atoms with Gasteiger partial charge in [0.05, 0.1) is 0 Å². The van der Waals surface area contributed by atoms with Crippen molar-refractivity contribution in [2.45, 2.75) is 40.0 Å². The Morgan fingerprint density at radius 2 is 1.88 bits per heavy atom. The van der Waals surface area contributed by atoms with Gasteiger partial charge in [-0.25, -0.2) is 0 Å². The maximum Gasteiger partial charge on any atom is 0.193 e. The van der Waals surface area contributed by atoms with Gasteiger partial charge in [0.2, 0.25) is 0 Å². The lowest BCUT2D eigenvalue weighted by Crippen LogP contribution is -2.48. The van der Waals surface area contributed by atoms with Gasteiger partial charge in [-0.2, -0.15) is 0 Å². The van der Waals surface area contributed by atoms with Crippen molar-refractivity contribution in [2.75, 3.05) is 26.7 Å². The third-order valence-electron chi connectivity index (χ3n) is 3.19. The van der Waals surface area contributed by atoms with E-state index in [-0.39, 0.29) is 24.0 Å². The van der Waals surface area contributed by atoms with E-state index in [1.807, 2.05) is 7.05 Å². The minimum Gasteiger partial charge on any atom is -0.356 e. The van der Waals surface area contributed by atoms with E-state index in [2.05, 4.69) is 36.0 Å². The number of guanidine groups is 1. The Balaban J connectivity index is 0.00000256. The van der Waals surface area contributed by atoms with Crippen LogP contribution in [0.4, 0.5) is 0 Å². The molecular weight excluding hydrogens is 325 g/mol. The van der Waals surface area contributed by atoms with Gasteiger partial charge in [-0.05, 0) is 24.7 Å². The van der Waals surface area contributed by atoms with Crippen LogP contribution in [0.2, 0.25) is 0 Å². The highest BCUT2D eigenvalue weighted by molar-refractivity contribution is 14.0. The Morgan fingerprint density at radius 3 is 2.35 bits per heavy atom. The zero-order valence-electron chi connectivity index (χ0n) is 11.7. The summed E-state index contributed by atoms with van der Waals surface area (Å²) in [5.41, 5.74) is 0. The molecule has 17 heavy (non-hydrogen) atoms.